The number of anilines is 10. The van der Waals surface area contributed by atoms with E-state index in [1.807, 2.05) is 0 Å². The van der Waals surface area contributed by atoms with Gasteiger partial charge >= 0.3 is 44.9 Å². The van der Waals surface area contributed by atoms with Crippen LogP contribution in [-0.4, -0.2) is 166 Å². The molecule has 20 rings (SSSR count). The summed E-state index contributed by atoms with van der Waals surface area (Å²) in [5, 5.41) is 14.3. The number of nitrogens with zero attached hydrogens (tertiary/aromatic N) is 22. The minimum atomic E-state index is -4.44. The Morgan fingerprint density at radius 1 is 0.342 bits per heavy atom. The topological polar surface area (TPSA) is 336 Å². The van der Waals surface area contributed by atoms with Crippen molar-refractivity contribution in [3.05, 3.63) is 315 Å². The molecule has 53 heteroatoms. The first-order chi connectivity index (χ1) is 70.1. The predicted molar refractivity (Wildman–Crippen MR) is 485 cm³/mol. The average Bonchev–Trinajstić information content (AvgIpc) is 1.63. The van der Waals surface area contributed by atoms with Crippen molar-refractivity contribution in [2.45, 2.75) is 77.3 Å². The molecule has 10 aromatic heterocycles. The Bertz CT molecular complexity index is 7660. The number of hydrogen-bond acceptors (Lipinski definition) is 26. The maximum atomic E-state index is 13.9. The lowest BCUT2D eigenvalue weighted by Gasteiger charge is -2.13. The number of rotatable bonds is 27. The van der Waals surface area contributed by atoms with Crippen molar-refractivity contribution in [1.29, 1.82) is 0 Å². The fraction of sp³-hybridized carbons (Fsp3) is 0.129. The van der Waals surface area contributed by atoms with Gasteiger partial charge in [0.15, 0.2) is 87.5 Å². The van der Waals surface area contributed by atoms with Crippen LogP contribution in [0.2, 0.25) is 0 Å². The Balaban J connectivity index is 0.000000131. The van der Waals surface area contributed by atoms with Crippen molar-refractivity contribution >= 4 is 125 Å². The van der Waals surface area contributed by atoms with Crippen LogP contribution < -0.4 is 45.5 Å². The van der Waals surface area contributed by atoms with E-state index in [0.29, 0.717) is 73.3 Å². The van der Waals surface area contributed by atoms with E-state index in [0.717, 1.165) is 46.7 Å². The normalized spacial score (nSPS) is 14.1. The molecule has 2 atom stereocenters. The number of halogens is 22. The molecule has 12 heterocycles. The van der Waals surface area contributed by atoms with Gasteiger partial charge in [-0.15, -0.1) is 9.98 Å². The van der Waals surface area contributed by atoms with Crippen molar-refractivity contribution in [3.63, 3.8) is 0 Å². The zero-order valence-corrected chi connectivity index (χ0v) is 73.5. The summed E-state index contributed by atoms with van der Waals surface area (Å²) in [6, 6.07) is 37.5. The molecule has 0 saturated carbocycles. The van der Waals surface area contributed by atoms with E-state index in [1.54, 1.807) is 96.6 Å². The molecule has 5 N–H and O–H groups in total. The van der Waals surface area contributed by atoms with Gasteiger partial charge in [0.1, 0.15) is 29.8 Å². The van der Waals surface area contributed by atoms with Gasteiger partial charge in [-0.25, -0.2) is 88.5 Å². The van der Waals surface area contributed by atoms with E-state index in [9.17, 15) is 96.6 Å². The zero-order valence-electron chi connectivity index (χ0n) is 73.5. The number of ether oxygens (including phenoxy) is 4. The number of imidazole rings is 3. The number of benzene rings is 6. The van der Waals surface area contributed by atoms with Gasteiger partial charge in [-0.1, -0.05) is 46.4 Å². The second-order valence-electron chi connectivity index (χ2n) is 29.9. The maximum absolute atomic E-state index is 13.9. The van der Waals surface area contributed by atoms with E-state index in [2.05, 4.69) is 130 Å². The second kappa shape index (κ2) is 44.7. The lowest BCUT2D eigenvalue weighted by atomic mass is 10.1. The molecule has 2 aliphatic carbocycles. The highest BCUT2D eigenvalue weighted by molar-refractivity contribution is 6.11. The molecule has 746 valence electrons. The quantitative estimate of drug-likeness (QED) is 0.0236. The summed E-state index contributed by atoms with van der Waals surface area (Å²) in [5.41, 5.74) is 4.60. The standard InChI is InChI=1S/C19H12F5N5O.C19H12F5N5.C19H13F4N5O.C18H12F5N6O.C18H14F3N6O/c20-11-7-10(5-6-14(11)30-19(23)24)26-15-8-25-9-16(28-15)29-13-4-2-1-3-12(13)27-18(29)17(21)22;20-17(21)18-27-13-3-1-2-4-14(13)29(18)16-10-25-9-15(28-16)26-12-7-5-11(6-8-12)19(22,23)24;20-17(21)18-26-13-3-1-2-4-14(13)28(18)16-10-24-9-15(27-16)25-11-5-7-12(8-6-11)29-19(22)23;19-9-1-3-11-12(5-9)29(17(27-11)16(20)21)14-8-24-7-13(28-14)26-10-2-4-15(25-6-10)30-18(22)23;1-10-24-13-4-2-11(19)6-14(13)27(10)16-9-22-8-15(26-16)25-12-3-5-17(23-7-12)28-18(20)21/h1-9,17,19H,(H,26,28);1-10,17H,(H,26,28);1-10,17,19H,(H,25,27);1-8,12,16,18H,(H,26,28);2-9,14,18H,1H3,(H,25,26)/q;;;2*+1. The molecule has 0 radical (unpaired) electrons. The summed E-state index contributed by atoms with van der Waals surface area (Å²) in [5.74, 6) is -2.34. The van der Waals surface area contributed by atoms with E-state index in [4.69, 9.17) is 0 Å². The molecule has 2 unspecified atom stereocenters. The maximum Gasteiger partial charge on any atom is 0.416 e. The lowest BCUT2D eigenvalue weighted by Crippen LogP contribution is -2.29. The molecule has 0 saturated heterocycles. The van der Waals surface area contributed by atoms with E-state index in [-0.39, 0.29) is 87.3 Å². The Morgan fingerprint density at radius 2 is 0.705 bits per heavy atom. The van der Waals surface area contributed by atoms with Gasteiger partial charge in [0, 0.05) is 42.2 Å². The van der Waals surface area contributed by atoms with Crippen LogP contribution in [0.4, 0.5) is 166 Å². The molecular formula is C93H63F22N27O4+2. The molecule has 0 amide bonds. The second-order valence-corrected chi connectivity index (χ2v) is 29.9. The largest absolute Gasteiger partial charge is 0.435 e. The summed E-state index contributed by atoms with van der Waals surface area (Å²) < 4.78 is 308. The van der Waals surface area contributed by atoms with Crippen molar-refractivity contribution in [2.75, 3.05) is 26.6 Å². The molecule has 0 spiro atoms. The monoisotopic (exact) mass is 2040 g/mol. The van der Waals surface area contributed by atoms with Gasteiger partial charge < -0.3 is 45.5 Å². The highest BCUT2D eigenvalue weighted by Gasteiger charge is 2.42. The summed E-state index contributed by atoms with van der Waals surface area (Å²) in [7, 11) is 0. The first kappa shape index (κ1) is 101. The molecule has 31 nitrogen and oxygen atoms in total. The third-order valence-electron chi connectivity index (χ3n) is 20.3. The van der Waals surface area contributed by atoms with Crippen LogP contribution in [0.1, 0.15) is 49.2 Å². The van der Waals surface area contributed by atoms with Crippen molar-refractivity contribution in [1.82, 2.24) is 88.5 Å². The summed E-state index contributed by atoms with van der Waals surface area (Å²) in [6.45, 7) is -10.2. The first-order valence-electron chi connectivity index (χ1n) is 42.0. The van der Waals surface area contributed by atoms with Gasteiger partial charge in [-0.2, -0.15) is 57.1 Å². The van der Waals surface area contributed by atoms with Crippen molar-refractivity contribution in [2.24, 2.45) is 9.98 Å². The number of nitrogens with one attached hydrogen (secondary N) is 5. The van der Waals surface area contributed by atoms with Crippen LogP contribution >= 0.6 is 0 Å². The molecule has 146 heavy (non-hydrogen) atoms. The molecule has 0 bridgehead atoms. The molecule has 4 aliphatic rings. The van der Waals surface area contributed by atoms with Crippen LogP contribution in [-0.2, 0) is 6.18 Å². The molecule has 0 fully saturated rings. The molecule has 2 aliphatic heterocycles. The van der Waals surface area contributed by atoms with Crippen LogP contribution in [0, 0.1) is 5.82 Å². The van der Waals surface area contributed by atoms with E-state index in [1.165, 1.54) is 167 Å². The SMILES string of the molecule is CC1=[N+](c2cncc(Nc3ccc(OC(F)F)nc3)n2)C2C=C(F)C=CC2=N1.FC(F)Oc1ccc(Nc2cncc(-n3c(C(F)F)nc4ccccc43)n2)cc1.FC(F)c1nc2ccccc2n1-c1cncc(Nc2ccc(C(F)(F)F)cc2)n1.FC1=CC2C(=NC(C(F)F)=[N+]2c2cncc(Nc3ccc(OC(F)F)nc3)n2)C=C1.Fc1cc(Nc2cncc(-n3c(C(F)F)nc4ccccc43)n2)ccc1OC(F)F. The Kier molecular flexibility index (Phi) is 30.8. The first-order valence-corrected chi connectivity index (χ1v) is 42.0. The number of alkyl halides is 19. The minimum absolute atomic E-state index is 0.0110. The number of aromatic nitrogens is 18. The van der Waals surface area contributed by atoms with E-state index >= 15 is 0 Å². The van der Waals surface area contributed by atoms with E-state index < -0.39 is 111 Å². The number of pyridine rings is 2. The minimum Gasteiger partial charge on any atom is -0.435 e. The van der Waals surface area contributed by atoms with Crippen LogP contribution in [0.3, 0.4) is 0 Å². The average molecular weight is 2040 g/mol. The third-order valence-corrected chi connectivity index (χ3v) is 20.3. The van der Waals surface area contributed by atoms with Gasteiger partial charge in [0.25, 0.3) is 30.9 Å². The van der Waals surface area contributed by atoms with Crippen molar-refractivity contribution in [3.8, 4) is 40.7 Å². The number of allylic oxidation sites excluding steroid dienone is 4. The number of fused-ring (bicyclic) bond motifs is 5. The van der Waals surface area contributed by atoms with Gasteiger partial charge in [-0.05, 0) is 146 Å². The number of hydrogen-bond donors (Lipinski definition) is 5. The van der Waals surface area contributed by atoms with Crippen LogP contribution in [0.25, 0.3) is 50.6 Å². The van der Waals surface area contributed by atoms with Gasteiger partial charge in [-0.3, -0.25) is 38.6 Å². The predicted octanol–water partition coefficient (Wildman–Crippen LogP) is 23.1. The number of amidine groups is 2. The molecule has 6 aromatic carbocycles. The Labute approximate surface area is 805 Å². The molecular weight excluding hydrogens is 1980 g/mol. The lowest BCUT2D eigenvalue weighted by molar-refractivity contribution is -0.456. The Morgan fingerprint density at radius 3 is 1.10 bits per heavy atom. The van der Waals surface area contributed by atoms with Gasteiger partial charge in [0.05, 0.1) is 112 Å². The van der Waals surface area contributed by atoms with Crippen LogP contribution in [0.5, 0.6) is 23.3 Å². The smallest absolute Gasteiger partial charge is 0.416 e. The fourth-order valence-corrected chi connectivity index (χ4v) is 14.4. The summed E-state index contributed by atoms with van der Waals surface area (Å²) >= 11 is 0. The molecule has 16 aromatic rings. The highest BCUT2D eigenvalue weighted by atomic mass is 19.4. The van der Waals surface area contributed by atoms with Crippen molar-refractivity contribution < 1.29 is 125 Å². The summed E-state index contributed by atoms with van der Waals surface area (Å²) in [4.78, 5) is 69.5. The number of aliphatic imine (C=N–C) groups is 2. The number of para-hydroxylation sites is 6. The third kappa shape index (κ3) is 24.6. The van der Waals surface area contributed by atoms with Crippen LogP contribution in [0.15, 0.2) is 296 Å². The fourth-order valence-electron chi connectivity index (χ4n) is 14.4. The van der Waals surface area contributed by atoms with Gasteiger partial charge in [0.2, 0.25) is 29.2 Å². The zero-order chi connectivity index (χ0) is 103. The Hall–Kier alpha value is -18.3. The highest BCUT2D eigenvalue weighted by Crippen LogP contribution is 2.38. The summed E-state index contributed by atoms with van der Waals surface area (Å²) in [6.07, 6.45) is 8.39.